The molecule has 1 atom stereocenters. The van der Waals surface area contributed by atoms with Gasteiger partial charge in [-0.3, -0.25) is 9.78 Å². The third kappa shape index (κ3) is 4.63. The highest BCUT2D eigenvalue weighted by Gasteiger charge is 2.23. The molecule has 4 aromatic heterocycles. The van der Waals surface area contributed by atoms with E-state index in [0.29, 0.717) is 50.4 Å². The molecule has 0 aliphatic carbocycles. The normalized spacial score (nSPS) is 12.0. The van der Waals surface area contributed by atoms with Crippen LogP contribution in [0.5, 0.6) is 0 Å². The van der Waals surface area contributed by atoms with Crippen LogP contribution in [0.15, 0.2) is 99.3 Å². The number of halogens is 2. The van der Waals surface area contributed by atoms with Gasteiger partial charge in [-0.05, 0) is 61.9 Å². The Balaban J connectivity index is 1.53. The number of rotatable bonds is 6. The van der Waals surface area contributed by atoms with Crippen molar-refractivity contribution in [3.05, 3.63) is 118 Å². The van der Waals surface area contributed by atoms with Gasteiger partial charge in [0.15, 0.2) is 0 Å². The molecule has 198 valence electrons. The molecule has 0 aliphatic rings. The zero-order chi connectivity index (χ0) is 27.8. The van der Waals surface area contributed by atoms with Gasteiger partial charge in [-0.25, -0.2) is 9.37 Å². The molecule has 7 nitrogen and oxygen atoms in total. The highest BCUT2D eigenvalue weighted by atomic mass is 35.5. The Morgan fingerprint density at radius 3 is 2.62 bits per heavy atom. The number of fused-ring (bicyclic) bond motifs is 1. The van der Waals surface area contributed by atoms with E-state index in [1.807, 2.05) is 26.0 Å². The smallest absolute Gasteiger partial charge is 0.201 e. The number of nitrogens with zero attached hydrogens (tertiary/aromatic N) is 3. The maximum atomic E-state index is 14.7. The van der Waals surface area contributed by atoms with Gasteiger partial charge in [0.05, 0.1) is 34.6 Å². The first kappa shape index (κ1) is 25.5. The number of benzene rings is 2. The second-order valence-corrected chi connectivity index (χ2v) is 9.78. The molecule has 40 heavy (non-hydrogen) atoms. The van der Waals surface area contributed by atoms with Crippen LogP contribution in [0.4, 0.5) is 10.1 Å². The molecule has 1 N–H and O–H groups in total. The van der Waals surface area contributed by atoms with Crippen molar-refractivity contribution < 1.29 is 13.3 Å². The number of aryl methyl sites for hydroxylation is 1. The Labute approximate surface area is 233 Å². The third-order valence-electron chi connectivity index (χ3n) is 6.64. The minimum absolute atomic E-state index is 0.222. The maximum Gasteiger partial charge on any atom is 0.201 e. The van der Waals surface area contributed by atoms with Crippen molar-refractivity contribution in [1.29, 1.82) is 0 Å². The summed E-state index contributed by atoms with van der Waals surface area (Å²) in [5.74, 6) is -0.0614. The monoisotopic (exact) mass is 552 g/mol. The summed E-state index contributed by atoms with van der Waals surface area (Å²) in [6.07, 6.45) is 6.18. The van der Waals surface area contributed by atoms with Crippen LogP contribution in [0.1, 0.15) is 24.1 Å². The van der Waals surface area contributed by atoms with Gasteiger partial charge in [0.2, 0.25) is 5.43 Å². The molecule has 4 heterocycles. The van der Waals surface area contributed by atoms with Gasteiger partial charge < -0.3 is 14.3 Å². The molecular formula is C31H22ClFN4O3. The van der Waals surface area contributed by atoms with E-state index in [-0.39, 0.29) is 16.6 Å². The number of hydrogen-bond acceptors (Lipinski definition) is 7. The summed E-state index contributed by atoms with van der Waals surface area (Å²) < 4.78 is 26.3. The summed E-state index contributed by atoms with van der Waals surface area (Å²) in [5.41, 5.74) is 4.55. The van der Waals surface area contributed by atoms with Gasteiger partial charge in [-0.15, -0.1) is 0 Å². The quantitative estimate of drug-likeness (QED) is 0.210. The fourth-order valence-electron chi connectivity index (χ4n) is 4.81. The van der Waals surface area contributed by atoms with Gasteiger partial charge in [0.1, 0.15) is 28.6 Å². The Morgan fingerprint density at radius 1 is 1.02 bits per heavy atom. The lowest BCUT2D eigenvalue weighted by atomic mass is 9.97. The van der Waals surface area contributed by atoms with Gasteiger partial charge in [-0.1, -0.05) is 35.0 Å². The summed E-state index contributed by atoms with van der Waals surface area (Å²) in [7, 11) is 0. The minimum Gasteiger partial charge on any atom is -0.455 e. The highest BCUT2D eigenvalue weighted by Crippen LogP contribution is 2.37. The molecule has 0 amide bonds. The fraction of sp³-hybridized carbons (Fsp3) is 0.0968. The lowest BCUT2D eigenvalue weighted by Crippen LogP contribution is -2.13. The molecule has 0 saturated carbocycles. The lowest BCUT2D eigenvalue weighted by molar-refractivity contribution is 0.420. The minimum atomic E-state index is -0.414. The molecular weight excluding hydrogens is 531 g/mol. The van der Waals surface area contributed by atoms with Crippen molar-refractivity contribution >= 4 is 28.3 Å². The van der Waals surface area contributed by atoms with Crippen molar-refractivity contribution in [2.24, 2.45) is 0 Å². The number of nitrogens with one attached hydrogen (secondary N) is 1. The van der Waals surface area contributed by atoms with E-state index in [4.69, 9.17) is 20.5 Å². The van der Waals surface area contributed by atoms with Gasteiger partial charge >= 0.3 is 0 Å². The predicted octanol–water partition coefficient (Wildman–Crippen LogP) is 7.85. The van der Waals surface area contributed by atoms with Crippen LogP contribution in [0.2, 0.25) is 5.15 Å². The van der Waals surface area contributed by atoms with Crippen LogP contribution in [0.25, 0.3) is 44.7 Å². The summed E-state index contributed by atoms with van der Waals surface area (Å²) in [6, 6.07) is 16.8. The van der Waals surface area contributed by atoms with Crippen LogP contribution in [-0.2, 0) is 0 Å². The summed E-state index contributed by atoms with van der Waals surface area (Å²) in [5, 5.41) is 7.87. The Bertz CT molecular complexity index is 1910. The Kier molecular flexibility index (Phi) is 6.61. The van der Waals surface area contributed by atoms with Crippen molar-refractivity contribution in [2.45, 2.75) is 19.9 Å². The molecule has 9 heteroatoms. The SMILES string of the molecule is Cc1cc([C@@H](C)Nc2ccc(Cl)nc2-c2ccccc2F)c2oc(-c3cccnc3)c(-c3cnoc3)c(=O)c2c1. The fourth-order valence-corrected chi connectivity index (χ4v) is 4.96. The first-order valence-corrected chi connectivity index (χ1v) is 12.9. The standard InChI is InChI=1S/C31H22ClFN4O3/c1-17-12-22(18(2)36-25-9-10-26(32)37-28(25)21-7-3-4-8-24(21)33)31-23(13-17)29(38)27(20-15-35-39-16-20)30(40-31)19-6-5-11-34-14-19/h3-16,18,36H,1-2H3/t18-/m1/s1. The zero-order valence-corrected chi connectivity index (χ0v) is 22.2. The largest absolute Gasteiger partial charge is 0.455 e. The topological polar surface area (TPSA) is 94.1 Å². The third-order valence-corrected chi connectivity index (χ3v) is 6.85. The molecule has 0 spiro atoms. The summed E-state index contributed by atoms with van der Waals surface area (Å²) >= 11 is 6.19. The molecule has 2 aromatic carbocycles. The van der Waals surface area contributed by atoms with Crippen molar-refractivity contribution in [1.82, 2.24) is 15.1 Å². The number of aromatic nitrogens is 3. The van der Waals surface area contributed by atoms with E-state index < -0.39 is 5.82 Å². The maximum absolute atomic E-state index is 14.7. The average molecular weight is 553 g/mol. The van der Waals surface area contributed by atoms with Gasteiger partial charge in [0, 0.05) is 34.6 Å². The van der Waals surface area contributed by atoms with E-state index >= 15 is 0 Å². The van der Waals surface area contributed by atoms with Crippen LogP contribution in [0, 0.1) is 12.7 Å². The Hall–Kier alpha value is -4.82. The molecule has 0 radical (unpaired) electrons. The van der Waals surface area contributed by atoms with Crippen molar-refractivity contribution in [3.8, 4) is 33.7 Å². The molecule has 6 rings (SSSR count). The van der Waals surface area contributed by atoms with E-state index in [9.17, 15) is 9.18 Å². The van der Waals surface area contributed by atoms with E-state index in [1.54, 1.807) is 54.9 Å². The van der Waals surface area contributed by atoms with Crippen molar-refractivity contribution in [2.75, 3.05) is 5.32 Å². The highest BCUT2D eigenvalue weighted by molar-refractivity contribution is 6.29. The first-order valence-electron chi connectivity index (χ1n) is 12.5. The predicted molar refractivity (Wildman–Crippen MR) is 153 cm³/mol. The van der Waals surface area contributed by atoms with Gasteiger partial charge in [0.25, 0.3) is 0 Å². The molecule has 6 aromatic rings. The number of anilines is 1. The summed E-state index contributed by atoms with van der Waals surface area (Å²) in [4.78, 5) is 22.6. The first-order chi connectivity index (χ1) is 19.4. The average Bonchev–Trinajstić information content (AvgIpc) is 3.49. The second-order valence-electron chi connectivity index (χ2n) is 9.40. The van der Waals surface area contributed by atoms with Crippen LogP contribution in [0.3, 0.4) is 0 Å². The summed E-state index contributed by atoms with van der Waals surface area (Å²) in [6.45, 7) is 3.85. The number of pyridine rings is 2. The second kappa shape index (κ2) is 10.4. The zero-order valence-electron chi connectivity index (χ0n) is 21.5. The van der Waals surface area contributed by atoms with Crippen LogP contribution in [-0.4, -0.2) is 15.1 Å². The number of hydrogen-bond donors (Lipinski definition) is 1. The molecule has 0 aliphatic heterocycles. The van der Waals surface area contributed by atoms with E-state index in [0.717, 1.165) is 11.1 Å². The van der Waals surface area contributed by atoms with Crippen LogP contribution >= 0.6 is 11.6 Å². The molecule has 0 saturated heterocycles. The lowest BCUT2D eigenvalue weighted by Gasteiger charge is -2.21. The van der Waals surface area contributed by atoms with Gasteiger partial charge in [-0.2, -0.15) is 0 Å². The van der Waals surface area contributed by atoms with Crippen molar-refractivity contribution in [3.63, 3.8) is 0 Å². The molecule has 0 bridgehead atoms. The molecule has 0 fully saturated rings. The van der Waals surface area contributed by atoms with E-state index in [2.05, 4.69) is 20.4 Å². The Morgan fingerprint density at radius 2 is 1.88 bits per heavy atom. The molecule has 0 unspecified atom stereocenters. The van der Waals surface area contributed by atoms with Crippen LogP contribution < -0.4 is 10.7 Å². The van der Waals surface area contributed by atoms with E-state index in [1.165, 1.54) is 18.5 Å².